The van der Waals surface area contributed by atoms with Gasteiger partial charge in [-0.1, -0.05) is 30.8 Å². The summed E-state index contributed by atoms with van der Waals surface area (Å²) >= 11 is 0. The van der Waals surface area contributed by atoms with Crippen molar-refractivity contribution in [3.63, 3.8) is 0 Å². The predicted octanol–water partition coefficient (Wildman–Crippen LogP) is 3.96. The summed E-state index contributed by atoms with van der Waals surface area (Å²) in [5.74, 6) is -1.66. The van der Waals surface area contributed by atoms with Crippen LogP contribution in [0.1, 0.15) is 12.5 Å². The van der Waals surface area contributed by atoms with Crippen LogP contribution in [0.2, 0.25) is 0 Å². The molecule has 1 saturated heterocycles. The van der Waals surface area contributed by atoms with E-state index in [2.05, 4.69) is 16.5 Å². The Kier molecular flexibility index (Phi) is 6.40. The second kappa shape index (κ2) is 9.70. The van der Waals surface area contributed by atoms with Crippen LogP contribution in [0.3, 0.4) is 0 Å². The van der Waals surface area contributed by atoms with Crippen molar-refractivity contribution in [2.24, 2.45) is 0 Å². The van der Waals surface area contributed by atoms with Crippen LogP contribution in [0.4, 0.5) is 14.6 Å². The maximum absolute atomic E-state index is 15.6. The highest BCUT2D eigenvalue weighted by Gasteiger charge is 2.30. The van der Waals surface area contributed by atoms with E-state index < -0.39 is 17.3 Å². The molecule has 4 aromatic rings. The zero-order valence-corrected chi connectivity index (χ0v) is 20.9. The van der Waals surface area contributed by atoms with Gasteiger partial charge in [-0.2, -0.15) is 4.98 Å². The lowest BCUT2D eigenvalue weighted by Gasteiger charge is -2.40. The highest BCUT2D eigenvalue weighted by molar-refractivity contribution is 5.91. The first-order valence-electron chi connectivity index (χ1n) is 12.1. The standard InChI is InChI=1S/C28H25F2N5O3/c1-4-23(37)33-12-13-34(17(3)15-33)26-19-14-21(30)24(18-9-5-6-10-20(18)29)31-27(19)35(28(38)32-26)25-16(2)8-7-11-22(25)36/h4-11,14,17,36H,1,12-13,15H2,2-3H3/t17-/m0/s1. The van der Waals surface area contributed by atoms with Crippen molar-refractivity contribution in [2.75, 3.05) is 24.5 Å². The minimum absolute atomic E-state index is 0.0149. The molecule has 3 heterocycles. The number of pyridine rings is 1. The number of nitrogens with zero attached hydrogens (tertiary/aromatic N) is 5. The Bertz CT molecular complexity index is 1630. The minimum atomic E-state index is -0.794. The second-order valence-corrected chi connectivity index (χ2v) is 9.20. The van der Waals surface area contributed by atoms with Gasteiger partial charge in [0.1, 0.15) is 28.9 Å². The Morgan fingerprint density at radius 2 is 1.87 bits per heavy atom. The van der Waals surface area contributed by atoms with Crippen molar-refractivity contribution in [3.8, 4) is 22.7 Å². The van der Waals surface area contributed by atoms with Crippen LogP contribution >= 0.6 is 0 Å². The van der Waals surface area contributed by atoms with Gasteiger partial charge in [-0.25, -0.2) is 23.1 Å². The Labute approximate surface area is 217 Å². The van der Waals surface area contributed by atoms with Crippen molar-refractivity contribution in [1.29, 1.82) is 0 Å². The maximum atomic E-state index is 15.6. The van der Waals surface area contributed by atoms with Gasteiger partial charge in [0.25, 0.3) is 0 Å². The third-order valence-electron chi connectivity index (χ3n) is 6.76. The molecule has 1 aliphatic heterocycles. The molecule has 1 amide bonds. The average molecular weight is 518 g/mol. The molecule has 1 N–H and O–H groups in total. The number of aryl methyl sites for hydroxylation is 1. The van der Waals surface area contributed by atoms with Crippen molar-refractivity contribution >= 4 is 22.8 Å². The number of piperazine rings is 1. The monoisotopic (exact) mass is 517 g/mol. The number of carbonyl (C=O) groups excluding carboxylic acids is 1. The van der Waals surface area contributed by atoms with Crippen LogP contribution in [0, 0.1) is 18.6 Å². The molecular formula is C28H25F2N5O3. The zero-order valence-electron chi connectivity index (χ0n) is 20.9. The molecule has 2 aromatic carbocycles. The molecule has 1 aliphatic rings. The van der Waals surface area contributed by atoms with E-state index in [1.165, 1.54) is 36.4 Å². The highest BCUT2D eigenvalue weighted by atomic mass is 19.1. The van der Waals surface area contributed by atoms with Crippen LogP contribution in [0.5, 0.6) is 5.75 Å². The number of para-hydroxylation sites is 1. The summed E-state index contributed by atoms with van der Waals surface area (Å²) in [5.41, 5.74) is -0.360. The summed E-state index contributed by atoms with van der Waals surface area (Å²) in [6, 6.07) is 11.3. The minimum Gasteiger partial charge on any atom is -0.506 e. The molecule has 5 rings (SSSR count). The summed E-state index contributed by atoms with van der Waals surface area (Å²) in [4.78, 5) is 37.9. The molecule has 0 spiro atoms. The third kappa shape index (κ3) is 4.17. The molecule has 2 aromatic heterocycles. The van der Waals surface area contributed by atoms with Crippen LogP contribution < -0.4 is 10.6 Å². The van der Waals surface area contributed by atoms with Crippen LogP contribution in [0.25, 0.3) is 28.0 Å². The zero-order chi connectivity index (χ0) is 27.1. The number of fused-ring (bicyclic) bond motifs is 1. The van der Waals surface area contributed by atoms with E-state index in [4.69, 9.17) is 0 Å². The number of benzene rings is 2. The lowest BCUT2D eigenvalue weighted by Crippen LogP contribution is -2.54. The number of hydrogen-bond donors (Lipinski definition) is 1. The summed E-state index contributed by atoms with van der Waals surface area (Å²) in [6.45, 7) is 8.14. The normalized spacial score (nSPS) is 15.6. The van der Waals surface area contributed by atoms with Crippen molar-refractivity contribution in [1.82, 2.24) is 19.4 Å². The van der Waals surface area contributed by atoms with Crippen molar-refractivity contribution < 1.29 is 18.7 Å². The summed E-state index contributed by atoms with van der Waals surface area (Å²) < 4.78 is 31.3. The first kappa shape index (κ1) is 25.1. The van der Waals surface area contributed by atoms with Gasteiger partial charge in [0, 0.05) is 31.2 Å². The van der Waals surface area contributed by atoms with Gasteiger partial charge in [0.05, 0.1) is 11.1 Å². The molecule has 1 atom stereocenters. The summed E-state index contributed by atoms with van der Waals surface area (Å²) in [6.07, 6.45) is 1.25. The van der Waals surface area contributed by atoms with E-state index in [1.807, 2.05) is 11.8 Å². The van der Waals surface area contributed by atoms with Gasteiger partial charge in [-0.15, -0.1) is 0 Å². The van der Waals surface area contributed by atoms with E-state index in [1.54, 1.807) is 30.0 Å². The molecule has 0 bridgehead atoms. The fourth-order valence-corrected chi connectivity index (χ4v) is 4.90. The van der Waals surface area contributed by atoms with E-state index in [9.17, 15) is 19.1 Å². The Hall–Kier alpha value is -4.60. The fraction of sp³-hybridized carbons (Fsp3) is 0.214. The number of anilines is 1. The largest absolute Gasteiger partial charge is 0.506 e. The summed E-state index contributed by atoms with van der Waals surface area (Å²) in [7, 11) is 0. The van der Waals surface area contributed by atoms with Crippen molar-refractivity contribution in [2.45, 2.75) is 19.9 Å². The van der Waals surface area contributed by atoms with Gasteiger partial charge in [-0.05, 0) is 49.8 Å². The smallest absolute Gasteiger partial charge is 0.355 e. The molecule has 0 radical (unpaired) electrons. The third-order valence-corrected chi connectivity index (χ3v) is 6.76. The van der Waals surface area contributed by atoms with Crippen molar-refractivity contribution in [3.05, 3.63) is 88.9 Å². The molecule has 194 valence electrons. The van der Waals surface area contributed by atoms with Gasteiger partial charge in [0.15, 0.2) is 5.65 Å². The first-order valence-corrected chi connectivity index (χ1v) is 12.1. The lowest BCUT2D eigenvalue weighted by molar-refractivity contribution is -0.126. The summed E-state index contributed by atoms with van der Waals surface area (Å²) in [5, 5.41) is 10.9. The Balaban J connectivity index is 1.79. The van der Waals surface area contributed by atoms with E-state index in [0.29, 0.717) is 25.2 Å². The molecule has 8 nitrogen and oxygen atoms in total. The number of phenolic OH excluding ortho intramolecular Hbond substituents is 1. The van der Waals surface area contributed by atoms with Crippen LogP contribution in [-0.4, -0.2) is 56.1 Å². The highest BCUT2D eigenvalue weighted by Crippen LogP contribution is 2.34. The molecule has 38 heavy (non-hydrogen) atoms. The predicted molar refractivity (Wildman–Crippen MR) is 140 cm³/mol. The Morgan fingerprint density at radius 1 is 1.11 bits per heavy atom. The lowest BCUT2D eigenvalue weighted by atomic mass is 10.1. The number of aromatic hydroxyl groups is 1. The first-order chi connectivity index (χ1) is 18.2. The number of aromatic nitrogens is 3. The van der Waals surface area contributed by atoms with Gasteiger partial charge in [0.2, 0.25) is 5.91 Å². The quantitative estimate of drug-likeness (QED) is 0.412. The molecule has 0 unspecified atom stereocenters. The number of amides is 1. The topological polar surface area (TPSA) is 91.6 Å². The number of phenols is 1. The second-order valence-electron chi connectivity index (χ2n) is 9.20. The van der Waals surface area contributed by atoms with Gasteiger partial charge in [-0.3, -0.25) is 4.79 Å². The maximum Gasteiger partial charge on any atom is 0.355 e. The molecule has 0 aliphatic carbocycles. The fourth-order valence-electron chi connectivity index (χ4n) is 4.90. The van der Waals surface area contributed by atoms with E-state index in [0.717, 1.165) is 4.57 Å². The molecule has 10 heteroatoms. The van der Waals surface area contributed by atoms with Gasteiger partial charge < -0.3 is 14.9 Å². The number of carbonyl (C=O) groups is 1. The number of rotatable bonds is 4. The number of halogens is 2. The number of hydrogen-bond acceptors (Lipinski definition) is 6. The molecule has 1 fully saturated rings. The van der Waals surface area contributed by atoms with E-state index in [-0.39, 0.29) is 51.5 Å². The molecular weight excluding hydrogens is 492 g/mol. The van der Waals surface area contributed by atoms with E-state index >= 15 is 4.39 Å². The van der Waals surface area contributed by atoms with Crippen LogP contribution in [0.15, 0.2) is 66.0 Å². The Morgan fingerprint density at radius 3 is 2.55 bits per heavy atom. The SMILES string of the molecule is C=CC(=O)N1CCN(c2nc(=O)n(-c3c(C)cccc3O)c3nc(-c4ccccc4F)c(F)cc23)[C@@H](C)C1. The van der Waals surface area contributed by atoms with Crippen LogP contribution in [-0.2, 0) is 4.79 Å². The van der Waals surface area contributed by atoms with Gasteiger partial charge >= 0.3 is 5.69 Å². The average Bonchev–Trinajstić information content (AvgIpc) is 2.89. The molecule has 0 saturated carbocycles.